The van der Waals surface area contributed by atoms with Crippen LogP contribution in [-0.2, 0) is 0 Å². The van der Waals surface area contributed by atoms with Crippen LogP contribution in [0.5, 0.6) is 0 Å². The molecule has 2 fully saturated rings. The third kappa shape index (κ3) is 0.787. The van der Waals surface area contributed by atoms with E-state index < -0.39 is 0 Å². The third-order valence-electron chi connectivity index (χ3n) is 3.02. The zero-order valence-electron chi connectivity index (χ0n) is 6.35. The minimum atomic E-state index is 0.814. The van der Waals surface area contributed by atoms with E-state index in [1.54, 1.807) is 0 Å². The van der Waals surface area contributed by atoms with Crippen molar-refractivity contribution in [1.29, 1.82) is 0 Å². The smallest absolute Gasteiger partial charge is 0.00698 e. The van der Waals surface area contributed by atoms with E-state index in [9.17, 15) is 0 Å². The highest BCUT2D eigenvalue weighted by molar-refractivity contribution is 5.02. The lowest BCUT2D eigenvalue weighted by molar-refractivity contribution is 0.323. The Bertz CT molecular complexity index is 115. The topological polar surface area (TPSA) is 3.24 Å². The molecule has 9 heavy (non-hydrogen) atoms. The molecular formula is C8H15N. The molecule has 2 rings (SSSR count). The summed E-state index contributed by atoms with van der Waals surface area (Å²) >= 11 is 0. The fourth-order valence-electron chi connectivity index (χ4n) is 2.07. The summed E-state index contributed by atoms with van der Waals surface area (Å²) in [5.41, 5.74) is 0.814. The fourth-order valence-corrected chi connectivity index (χ4v) is 2.07. The molecule has 1 heterocycles. The highest BCUT2D eigenvalue weighted by Gasteiger charge is 2.49. The average Bonchev–Trinajstić information content (AvgIpc) is 2.42. The van der Waals surface area contributed by atoms with Crippen molar-refractivity contribution in [1.82, 2.24) is 4.90 Å². The van der Waals surface area contributed by atoms with Crippen LogP contribution in [-0.4, -0.2) is 24.5 Å². The highest BCUT2D eigenvalue weighted by Crippen LogP contribution is 2.54. The van der Waals surface area contributed by atoms with Gasteiger partial charge in [0.2, 0.25) is 0 Å². The molecule has 1 saturated heterocycles. The van der Waals surface area contributed by atoms with E-state index >= 15 is 0 Å². The lowest BCUT2D eigenvalue weighted by Crippen LogP contribution is -2.21. The summed E-state index contributed by atoms with van der Waals surface area (Å²) in [5.74, 6) is 0. The van der Waals surface area contributed by atoms with Crippen molar-refractivity contribution in [3.63, 3.8) is 0 Å². The van der Waals surface area contributed by atoms with Crippen LogP contribution in [0.4, 0.5) is 0 Å². The first-order chi connectivity index (χ1) is 4.22. The van der Waals surface area contributed by atoms with Crippen LogP contribution in [0.15, 0.2) is 0 Å². The Kier molecular flexibility index (Phi) is 0.963. The van der Waals surface area contributed by atoms with Crippen molar-refractivity contribution in [2.24, 2.45) is 5.41 Å². The predicted molar refractivity (Wildman–Crippen MR) is 38.4 cm³/mol. The van der Waals surface area contributed by atoms with E-state index in [-0.39, 0.29) is 0 Å². The van der Waals surface area contributed by atoms with Crippen molar-refractivity contribution in [2.45, 2.75) is 32.2 Å². The van der Waals surface area contributed by atoms with Crippen molar-refractivity contribution in [3.05, 3.63) is 0 Å². The predicted octanol–water partition coefficient (Wildman–Crippen LogP) is 1.49. The molecule has 1 nitrogen and oxygen atoms in total. The summed E-state index contributed by atoms with van der Waals surface area (Å²) < 4.78 is 0. The molecule has 1 saturated carbocycles. The van der Waals surface area contributed by atoms with Crippen molar-refractivity contribution in [3.8, 4) is 0 Å². The molecule has 0 bridgehead atoms. The Morgan fingerprint density at radius 3 is 2.33 bits per heavy atom. The third-order valence-corrected chi connectivity index (χ3v) is 3.02. The summed E-state index contributed by atoms with van der Waals surface area (Å²) in [6.45, 7) is 3.71. The number of hydrogen-bond donors (Lipinski definition) is 0. The summed E-state index contributed by atoms with van der Waals surface area (Å²) in [5, 5.41) is 0. The normalized spacial score (nSPS) is 40.0. The first-order valence-corrected chi connectivity index (χ1v) is 3.92. The molecule has 1 heteroatoms. The van der Waals surface area contributed by atoms with Gasteiger partial charge in [-0.1, -0.05) is 0 Å². The van der Waals surface area contributed by atoms with Gasteiger partial charge in [0.1, 0.15) is 0 Å². The van der Waals surface area contributed by atoms with Gasteiger partial charge in [-0.2, -0.15) is 0 Å². The second-order valence-corrected chi connectivity index (χ2v) is 3.97. The van der Waals surface area contributed by atoms with Gasteiger partial charge in [0.25, 0.3) is 0 Å². The maximum atomic E-state index is 2.49. The molecule has 1 spiro atoms. The zero-order chi connectivity index (χ0) is 6.48. The maximum Gasteiger partial charge on any atom is 0.00698 e. The van der Waals surface area contributed by atoms with Gasteiger partial charge in [0.15, 0.2) is 0 Å². The van der Waals surface area contributed by atoms with Crippen molar-refractivity contribution < 1.29 is 0 Å². The number of nitrogens with zero attached hydrogens (tertiary/aromatic N) is 1. The van der Waals surface area contributed by atoms with Crippen LogP contribution >= 0.6 is 0 Å². The molecule has 0 aromatic rings. The molecule has 1 atom stereocenters. The summed E-state index contributed by atoms with van der Waals surface area (Å²) in [7, 11) is 2.25. The van der Waals surface area contributed by atoms with Crippen LogP contribution in [0.3, 0.4) is 0 Å². The van der Waals surface area contributed by atoms with Gasteiger partial charge >= 0.3 is 0 Å². The Morgan fingerprint density at radius 2 is 2.11 bits per heavy atom. The molecule has 0 unspecified atom stereocenters. The Hall–Kier alpha value is -0.0400. The lowest BCUT2D eigenvalue weighted by atomic mass is 10.0. The molecular weight excluding hydrogens is 110 g/mol. The molecule has 1 aliphatic heterocycles. The number of rotatable bonds is 0. The van der Waals surface area contributed by atoms with Crippen LogP contribution < -0.4 is 0 Å². The van der Waals surface area contributed by atoms with E-state index in [0.29, 0.717) is 0 Å². The monoisotopic (exact) mass is 125 g/mol. The van der Waals surface area contributed by atoms with Crippen molar-refractivity contribution in [2.75, 3.05) is 13.6 Å². The SMILES string of the molecule is C[C@@H]1CC2(CC2)CN1C. The molecule has 52 valence electrons. The summed E-state index contributed by atoms with van der Waals surface area (Å²) in [6, 6.07) is 0.854. The van der Waals surface area contributed by atoms with Gasteiger partial charge in [0.05, 0.1) is 0 Å². The second-order valence-electron chi connectivity index (χ2n) is 3.97. The van der Waals surface area contributed by atoms with Crippen LogP contribution in [0.25, 0.3) is 0 Å². The molecule has 2 aliphatic rings. The van der Waals surface area contributed by atoms with Crippen LogP contribution in [0.1, 0.15) is 26.2 Å². The van der Waals surface area contributed by atoms with Crippen LogP contribution in [0.2, 0.25) is 0 Å². The van der Waals surface area contributed by atoms with Gasteiger partial charge in [-0.3, -0.25) is 0 Å². The lowest BCUT2D eigenvalue weighted by Gasteiger charge is -2.12. The minimum Gasteiger partial charge on any atom is -0.303 e. The first kappa shape index (κ1) is 5.72. The van der Waals surface area contributed by atoms with E-state index in [1.165, 1.54) is 25.8 Å². The zero-order valence-corrected chi connectivity index (χ0v) is 6.35. The van der Waals surface area contributed by atoms with Gasteiger partial charge in [-0.25, -0.2) is 0 Å². The largest absolute Gasteiger partial charge is 0.303 e. The van der Waals surface area contributed by atoms with E-state index in [0.717, 1.165) is 11.5 Å². The Balaban J connectivity index is 2.06. The Morgan fingerprint density at radius 1 is 1.44 bits per heavy atom. The van der Waals surface area contributed by atoms with Gasteiger partial charge in [0, 0.05) is 12.6 Å². The van der Waals surface area contributed by atoms with Gasteiger partial charge in [-0.05, 0) is 38.6 Å². The summed E-state index contributed by atoms with van der Waals surface area (Å²) in [6.07, 6.45) is 4.47. The van der Waals surface area contributed by atoms with Gasteiger partial charge in [-0.15, -0.1) is 0 Å². The maximum absolute atomic E-state index is 2.49. The average molecular weight is 125 g/mol. The van der Waals surface area contributed by atoms with Crippen molar-refractivity contribution >= 4 is 0 Å². The molecule has 0 amide bonds. The number of hydrogen-bond acceptors (Lipinski definition) is 1. The van der Waals surface area contributed by atoms with E-state index in [1.807, 2.05) is 0 Å². The molecule has 0 radical (unpaired) electrons. The van der Waals surface area contributed by atoms with Crippen LogP contribution in [0, 0.1) is 5.41 Å². The number of likely N-dealkylation sites (tertiary alicyclic amines) is 1. The van der Waals surface area contributed by atoms with Gasteiger partial charge < -0.3 is 4.90 Å². The molecule has 0 N–H and O–H groups in total. The minimum absolute atomic E-state index is 0.814. The second kappa shape index (κ2) is 1.51. The molecule has 1 aliphatic carbocycles. The summed E-state index contributed by atoms with van der Waals surface area (Å²) in [4.78, 5) is 2.49. The first-order valence-electron chi connectivity index (χ1n) is 3.92. The highest BCUT2D eigenvalue weighted by atomic mass is 15.2. The quantitative estimate of drug-likeness (QED) is 0.474. The molecule has 0 aromatic carbocycles. The van der Waals surface area contributed by atoms with E-state index in [4.69, 9.17) is 0 Å². The fraction of sp³-hybridized carbons (Fsp3) is 1.00. The Labute approximate surface area is 57.0 Å². The molecule has 0 aromatic heterocycles. The standard InChI is InChI=1S/C8H15N/c1-7-5-8(3-4-8)6-9(7)2/h7H,3-6H2,1-2H3/t7-/m1/s1. The van der Waals surface area contributed by atoms with E-state index in [2.05, 4.69) is 18.9 Å².